The van der Waals surface area contributed by atoms with Crippen molar-refractivity contribution >= 4 is 34.2 Å². The summed E-state index contributed by atoms with van der Waals surface area (Å²) >= 11 is 0. The third kappa shape index (κ3) is 2.95. The van der Waals surface area contributed by atoms with Crippen LogP contribution in [0.3, 0.4) is 0 Å². The maximum Gasteiger partial charge on any atom is 0.338 e. The largest absolute Gasteiger partial charge is 0.462 e. The molecule has 0 aliphatic carbocycles. The third-order valence-electron chi connectivity index (χ3n) is 4.68. The molecule has 3 aromatic carbocycles. The van der Waals surface area contributed by atoms with E-state index in [2.05, 4.69) is 0 Å². The fourth-order valence-corrected chi connectivity index (χ4v) is 3.32. The number of ether oxygens (including phenoxy) is 1. The van der Waals surface area contributed by atoms with Crippen molar-refractivity contribution < 1.29 is 19.1 Å². The van der Waals surface area contributed by atoms with E-state index in [9.17, 15) is 14.4 Å². The molecule has 0 spiro atoms. The Morgan fingerprint density at radius 1 is 0.929 bits per heavy atom. The zero-order chi connectivity index (χ0) is 19.8. The summed E-state index contributed by atoms with van der Waals surface area (Å²) in [7, 11) is 0. The number of fused-ring (bicyclic) bond motifs is 2. The van der Waals surface area contributed by atoms with Gasteiger partial charge in [0.15, 0.2) is 0 Å². The molecule has 1 aliphatic rings. The maximum absolute atomic E-state index is 13.0. The minimum absolute atomic E-state index is 0.212. The average Bonchev–Trinajstić information content (AvgIpc) is 2.95. The molecule has 0 aromatic heterocycles. The lowest BCUT2D eigenvalue weighted by Crippen LogP contribution is -2.29. The molecule has 0 unspecified atom stereocenters. The van der Waals surface area contributed by atoms with Gasteiger partial charge in [-0.3, -0.25) is 9.59 Å². The SMILES string of the molecule is CC(C)COC(=O)c1ccc2c(c1)C(=O)N(c1cccc3ccccc13)C2=O. The lowest BCUT2D eigenvalue weighted by atomic mass is 10.1. The number of benzene rings is 3. The fourth-order valence-electron chi connectivity index (χ4n) is 3.32. The Hall–Kier alpha value is -3.47. The molecular weight excluding hydrogens is 354 g/mol. The molecule has 3 aromatic rings. The summed E-state index contributed by atoms with van der Waals surface area (Å²) in [6.07, 6.45) is 0. The molecule has 5 heteroatoms. The standard InChI is InChI=1S/C23H19NO4/c1-14(2)13-28-23(27)16-10-11-18-19(12-16)22(26)24(21(18)25)20-9-5-7-15-6-3-4-8-17(15)20/h3-12,14H,13H2,1-2H3. The predicted octanol–water partition coefficient (Wildman–Crippen LogP) is 4.45. The lowest BCUT2D eigenvalue weighted by molar-refractivity contribution is 0.0458. The Balaban J connectivity index is 1.72. The second-order valence-corrected chi connectivity index (χ2v) is 7.20. The normalized spacial score (nSPS) is 13.3. The van der Waals surface area contributed by atoms with Crippen molar-refractivity contribution in [1.82, 2.24) is 0 Å². The average molecular weight is 373 g/mol. The maximum atomic E-state index is 13.0. The van der Waals surface area contributed by atoms with Gasteiger partial charge in [-0.2, -0.15) is 0 Å². The number of hydrogen-bond donors (Lipinski definition) is 0. The van der Waals surface area contributed by atoms with Crippen molar-refractivity contribution in [2.24, 2.45) is 5.92 Å². The van der Waals surface area contributed by atoms with Crippen LogP contribution in [-0.4, -0.2) is 24.4 Å². The van der Waals surface area contributed by atoms with Crippen LogP contribution >= 0.6 is 0 Å². The first-order valence-electron chi connectivity index (χ1n) is 9.15. The second kappa shape index (κ2) is 6.93. The van der Waals surface area contributed by atoms with E-state index in [-0.39, 0.29) is 17.0 Å². The van der Waals surface area contributed by atoms with Crippen LogP contribution in [0.25, 0.3) is 10.8 Å². The molecule has 0 fully saturated rings. The van der Waals surface area contributed by atoms with Crippen LogP contribution in [0.1, 0.15) is 44.9 Å². The Morgan fingerprint density at radius 3 is 2.43 bits per heavy atom. The Kier molecular flexibility index (Phi) is 4.43. The molecule has 140 valence electrons. The van der Waals surface area contributed by atoms with Crippen molar-refractivity contribution in [2.45, 2.75) is 13.8 Å². The third-order valence-corrected chi connectivity index (χ3v) is 4.68. The van der Waals surface area contributed by atoms with Gasteiger partial charge in [0, 0.05) is 5.39 Å². The highest BCUT2D eigenvalue weighted by molar-refractivity contribution is 6.36. The molecule has 0 saturated carbocycles. The van der Waals surface area contributed by atoms with E-state index in [4.69, 9.17) is 4.74 Å². The Labute approximate surface area is 162 Å². The van der Waals surface area contributed by atoms with Crippen LogP contribution in [0, 0.1) is 5.92 Å². The quantitative estimate of drug-likeness (QED) is 0.501. The van der Waals surface area contributed by atoms with E-state index in [0.29, 0.717) is 17.9 Å². The van der Waals surface area contributed by atoms with Gasteiger partial charge in [-0.05, 0) is 35.6 Å². The Morgan fingerprint density at radius 2 is 1.64 bits per heavy atom. The minimum atomic E-state index is -0.500. The van der Waals surface area contributed by atoms with Crippen molar-refractivity contribution in [1.29, 1.82) is 0 Å². The molecular formula is C23H19NO4. The van der Waals surface area contributed by atoms with Crippen LogP contribution in [0.2, 0.25) is 0 Å². The summed E-state index contributed by atoms with van der Waals surface area (Å²) in [6, 6.07) is 17.6. The van der Waals surface area contributed by atoms with Gasteiger partial charge in [0.25, 0.3) is 11.8 Å². The van der Waals surface area contributed by atoms with E-state index < -0.39 is 17.8 Å². The van der Waals surface area contributed by atoms with Crippen molar-refractivity contribution in [2.75, 3.05) is 11.5 Å². The van der Waals surface area contributed by atoms with Gasteiger partial charge in [0.2, 0.25) is 0 Å². The van der Waals surface area contributed by atoms with Crippen LogP contribution < -0.4 is 4.90 Å². The zero-order valence-electron chi connectivity index (χ0n) is 15.6. The molecule has 28 heavy (non-hydrogen) atoms. The van der Waals surface area contributed by atoms with Crippen LogP contribution in [0.4, 0.5) is 5.69 Å². The molecule has 1 aliphatic heterocycles. The number of hydrogen-bond acceptors (Lipinski definition) is 4. The molecule has 5 nitrogen and oxygen atoms in total. The Bertz CT molecular complexity index is 1110. The summed E-state index contributed by atoms with van der Waals surface area (Å²) in [5.41, 5.74) is 1.31. The molecule has 2 amide bonds. The zero-order valence-corrected chi connectivity index (χ0v) is 15.6. The molecule has 0 radical (unpaired) electrons. The summed E-state index contributed by atoms with van der Waals surface area (Å²) < 4.78 is 5.23. The van der Waals surface area contributed by atoms with E-state index in [1.165, 1.54) is 23.1 Å². The number of anilines is 1. The number of nitrogens with zero attached hydrogens (tertiary/aromatic N) is 1. The number of carbonyl (C=O) groups excluding carboxylic acids is 3. The van der Waals surface area contributed by atoms with E-state index in [1.807, 2.05) is 50.2 Å². The number of amides is 2. The molecule has 0 atom stereocenters. The first-order chi connectivity index (χ1) is 13.5. The highest BCUT2D eigenvalue weighted by Gasteiger charge is 2.37. The fraction of sp³-hybridized carbons (Fsp3) is 0.174. The molecule has 0 saturated heterocycles. The van der Waals surface area contributed by atoms with Gasteiger partial charge >= 0.3 is 5.97 Å². The molecule has 0 bridgehead atoms. The topological polar surface area (TPSA) is 63.7 Å². The van der Waals surface area contributed by atoms with Crippen LogP contribution in [0.15, 0.2) is 60.7 Å². The number of rotatable bonds is 4. The summed E-state index contributed by atoms with van der Waals surface area (Å²) in [5, 5.41) is 1.76. The van der Waals surface area contributed by atoms with Gasteiger partial charge in [-0.1, -0.05) is 50.2 Å². The minimum Gasteiger partial charge on any atom is -0.462 e. The number of carbonyl (C=O) groups is 3. The summed E-state index contributed by atoms with van der Waals surface area (Å²) in [6.45, 7) is 4.19. The van der Waals surface area contributed by atoms with Crippen molar-refractivity contribution in [3.63, 3.8) is 0 Å². The number of imide groups is 1. The van der Waals surface area contributed by atoms with E-state index >= 15 is 0 Å². The van der Waals surface area contributed by atoms with E-state index in [1.54, 1.807) is 6.07 Å². The highest BCUT2D eigenvalue weighted by Crippen LogP contribution is 2.34. The predicted molar refractivity (Wildman–Crippen MR) is 107 cm³/mol. The van der Waals surface area contributed by atoms with Gasteiger partial charge in [-0.25, -0.2) is 9.69 Å². The second-order valence-electron chi connectivity index (χ2n) is 7.20. The van der Waals surface area contributed by atoms with Crippen LogP contribution in [-0.2, 0) is 4.74 Å². The van der Waals surface area contributed by atoms with Gasteiger partial charge in [0.1, 0.15) is 0 Å². The van der Waals surface area contributed by atoms with Gasteiger partial charge in [0.05, 0.1) is 29.0 Å². The molecule has 0 N–H and O–H groups in total. The van der Waals surface area contributed by atoms with Crippen molar-refractivity contribution in [3.8, 4) is 0 Å². The monoisotopic (exact) mass is 373 g/mol. The molecule has 1 heterocycles. The molecule has 4 rings (SSSR count). The van der Waals surface area contributed by atoms with Crippen LogP contribution in [0.5, 0.6) is 0 Å². The summed E-state index contributed by atoms with van der Waals surface area (Å²) in [5.74, 6) is -1.11. The lowest BCUT2D eigenvalue weighted by Gasteiger charge is -2.16. The first kappa shape index (κ1) is 17.9. The van der Waals surface area contributed by atoms with Gasteiger partial charge in [-0.15, -0.1) is 0 Å². The summed E-state index contributed by atoms with van der Waals surface area (Å²) in [4.78, 5) is 39.4. The first-order valence-corrected chi connectivity index (χ1v) is 9.15. The highest BCUT2D eigenvalue weighted by atomic mass is 16.5. The van der Waals surface area contributed by atoms with Gasteiger partial charge < -0.3 is 4.74 Å². The smallest absolute Gasteiger partial charge is 0.338 e. The number of esters is 1. The van der Waals surface area contributed by atoms with Crippen molar-refractivity contribution in [3.05, 3.63) is 77.4 Å². The van der Waals surface area contributed by atoms with E-state index in [0.717, 1.165) is 10.8 Å².